The third-order valence-electron chi connectivity index (χ3n) is 2.74. The first-order valence-corrected chi connectivity index (χ1v) is 7.09. The predicted octanol–water partition coefficient (Wildman–Crippen LogP) is 0.954. The van der Waals surface area contributed by atoms with Gasteiger partial charge in [0.25, 0.3) is 0 Å². The van der Waals surface area contributed by atoms with E-state index in [1.165, 1.54) is 28.6 Å². The fourth-order valence-corrected chi connectivity index (χ4v) is 3.33. The van der Waals surface area contributed by atoms with Crippen LogP contribution in [0, 0.1) is 5.82 Å². The molecule has 0 saturated carbocycles. The summed E-state index contributed by atoms with van der Waals surface area (Å²) in [4.78, 5) is 0. The lowest BCUT2D eigenvalue weighted by atomic mass is 10.3. The van der Waals surface area contributed by atoms with Gasteiger partial charge >= 0.3 is 0 Å². The summed E-state index contributed by atoms with van der Waals surface area (Å²) in [6.45, 7) is 2.74. The number of sulfonamides is 1. The molecular formula is C11H15FN2O2S. The highest BCUT2D eigenvalue weighted by Crippen LogP contribution is 2.20. The minimum absolute atomic E-state index is 0.0642. The zero-order chi connectivity index (χ0) is 12.5. The zero-order valence-corrected chi connectivity index (χ0v) is 10.4. The first kappa shape index (κ1) is 12.3. The Hall–Kier alpha value is -1.14. The van der Waals surface area contributed by atoms with Gasteiger partial charge in [-0.3, -0.25) is 4.31 Å². The van der Waals surface area contributed by atoms with Gasteiger partial charge in [0.2, 0.25) is 10.0 Å². The molecule has 94 valence electrons. The first-order valence-electron chi connectivity index (χ1n) is 5.48. The number of nitrogens with one attached hydrogen (secondary N) is 1. The highest BCUT2D eigenvalue weighted by Gasteiger charge is 2.27. The second kappa shape index (κ2) is 4.62. The van der Waals surface area contributed by atoms with E-state index in [0.717, 1.165) is 0 Å². The standard InChI is InChI=1S/C11H15FN2O2S/c1-9-8-14(17(15,16)7-6-13-9)11-4-2-10(12)3-5-11/h2-5,9,13H,6-8H2,1H3. The third kappa shape index (κ3) is 2.76. The van der Waals surface area contributed by atoms with Crippen LogP contribution in [0.4, 0.5) is 10.1 Å². The molecule has 1 heterocycles. The fourth-order valence-electron chi connectivity index (χ4n) is 1.84. The van der Waals surface area contributed by atoms with Crippen molar-refractivity contribution in [1.29, 1.82) is 0 Å². The normalized spacial score (nSPS) is 24.4. The number of rotatable bonds is 1. The number of hydrogen-bond donors (Lipinski definition) is 1. The van der Waals surface area contributed by atoms with E-state index in [4.69, 9.17) is 0 Å². The van der Waals surface area contributed by atoms with Crippen LogP contribution in [-0.4, -0.2) is 33.3 Å². The number of nitrogens with zero attached hydrogens (tertiary/aromatic N) is 1. The van der Waals surface area contributed by atoms with Crippen LogP contribution < -0.4 is 9.62 Å². The molecule has 0 radical (unpaired) electrons. The van der Waals surface area contributed by atoms with Gasteiger partial charge < -0.3 is 5.32 Å². The summed E-state index contributed by atoms with van der Waals surface area (Å²) in [6.07, 6.45) is 0. The van der Waals surface area contributed by atoms with Gasteiger partial charge in [-0.1, -0.05) is 0 Å². The van der Waals surface area contributed by atoms with Gasteiger partial charge in [-0.15, -0.1) is 0 Å². The van der Waals surface area contributed by atoms with E-state index >= 15 is 0 Å². The monoisotopic (exact) mass is 258 g/mol. The highest BCUT2D eigenvalue weighted by molar-refractivity contribution is 7.92. The summed E-state index contributed by atoms with van der Waals surface area (Å²) in [6, 6.07) is 5.61. The van der Waals surface area contributed by atoms with E-state index in [-0.39, 0.29) is 17.6 Å². The molecule has 2 rings (SSSR count). The number of hydrogen-bond acceptors (Lipinski definition) is 3. The van der Waals surface area contributed by atoms with Crippen molar-refractivity contribution >= 4 is 15.7 Å². The minimum atomic E-state index is -3.31. The third-order valence-corrected chi connectivity index (χ3v) is 4.49. The highest BCUT2D eigenvalue weighted by atomic mass is 32.2. The van der Waals surface area contributed by atoms with E-state index in [1.807, 2.05) is 6.92 Å². The molecule has 0 spiro atoms. The summed E-state index contributed by atoms with van der Waals surface area (Å²) in [5.41, 5.74) is 0.516. The number of halogens is 1. The van der Waals surface area contributed by atoms with Crippen molar-refractivity contribution in [2.45, 2.75) is 13.0 Å². The number of benzene rings is 1. The minimum Gasteiger partial charge on any atom is -0.311 e. The molecule has 6 heteroatoms. The van der Waals surface area contributed by atoms with Crippen molar-refractivity contribution in [2.75, 3.05) is 23.1 Å². The molecule has 4 nitrogen and oxygen atoms in total. The molecule has 0 aliphatic carbocycles. The molecule has 0 aromatic heterocycles. The van der Waals surface area contributed by atoms with E-state index < -0.39 is 10.0 Å². The molecule has 1 unspecified atom stereocenters. The van der Waals surface area contributed by atoms with Crippen molar-refractivity contribution in [3.8, 4) is 0 Å². The molecular weight excluding hydrogens is 243 g/mol. The second-order valence-electron chi connectivity index (χ2n) is 4.18. The van der Waals surface area contributed by atoms with Gasteiger partial charge in [0.05, 0.1) is 11.4 Å². The summed E-state index contributed by atoms with van der Waals surface area (Å²) < 4.78 is 38.2. The molecule has 1 aliphatic heterocycles. The van der Waals surface area contributed by atoms with Crippen molar-refractivity contribution in [3.63, 3.8) is 0 Å². The van der Waals surface area contributed by atoms with Crippen LogP contribution in [-0.2, 0) is 10.0 Å². The van der Waals surface area contributed by atoms with Gasteiger partial charge in [-0.2, -0.15) is 0 Å². The Labute approximate surface area is 100 Å². The van der Waals surface area contributed by atoms with Gasteiger partial charge in [0.15, 0.2) is 0 Å². The zero-order valence-electron chi connectivity index (χ0n) is 9.56. The van der Waals surface area contributed by atoms with Crippen molar-refractivity contribution in [2.24, 2.45) is 0 Å². The van der Waals surface area contributed by atoms with Gasteiger partial charge in [-0.05, 0) is 31.2 Å². The molecule has 17 heavy (non-hydrogen) atoms. The lowest BCUT2D eigenvalue weighted by Gasteiger charge is -2.23. The lowest BCUT2D eigenvalue weighted by molar-refractivity contribution is 0.586. The van der Waals surface area contributed by atoms with Gasteiger partial charge in [-0.25, -0.2) is 12.8 Å². The van der Waals surface area contributed by atoms with Crippen LogP contribution in [0.2, 0.25) is 0 Å². The van der Waals surface area contributed by atoms with Crippen LogP contribution in [0.3, 0.4) is 0 Å². The molecule has 1 N–H and O–H groups in total. The molecule has 1 saturated heterocycles. The van der Waals surface area contributed by atoms with Crippen LogP contribution in [0.5, 0.6) is 0 Å². The topological polar surface area (TPSA) is 49.4 Å². The van der Waals surface area contributed by atoms with Crippen molar-refractivity contribution in [1.82, 2.24) is 5.32 Å². The second-order valence-corrected chi connectivity index (χ2v) is 6.19. The molecule has 1 aromatic carbocycles. The Morgan fingerprint density at radius 3 is 2.65 bits per heavy atom. The quantitative estimate of drug-likeness (QED) is 0.816. The molecule has 1 fully saturated rings. The number of anilines is 1. The average Bonchev–Trinajstić information content (AvgIpc) is 2.39. The van der Waals surface area contributed by atoms with Crippen LogP contribution in [0.25, 0.3) is 0 Å². The summed E-state index contributed by atoms with van der Waals surface area (Å²) in [7, 11) is -3.31. The van der Waals surface area contributed by atoms with Gasteiger partial charge in [0, 0.05) is 19.1 Å². The van der Waals surface area contributed by atoms with Gasteiger partial charge in [0.1, 0.15) is 5.82 Å². The Balaban J connectivity index is 2.36. The molecule has 0 amide bonds. The molecule has 1 aromatic rings. The van der Waals surface area contributed by atoms with E-state index in [2.05, 4.69) is 5.32 Å². The largest absolute Gasteiger partial charge is 0.311 e. The summed E-state index contributed by atoms with van der Waals surface area (Å²) in [5.74, 6) is -0.304. The molecule has 0 bridgehead atoms. The lowest BCUT2D eigenvalue weighted by Crippen LogP contribution is -2.37. The maximum atomic E-state index is 12.8. The van der Waals surface area contributed by atoms with Crippen molar-refractivity contribution < 1.29 is 12.8 Å². The van der Waals surface area contributed by atoms with E-state index in [1.54, 1.807) is 0 Å². The van der Waals surface area contributed by atoms with Crippen LogP contribution in [0.15, 0.2) is 24.3 Å². The SMILES string of the molecule is CC1CN(c2ccc(F)cc2)S(=O)(=O)CCN1. The maximum absolute atomic E-state index is 12.8. The molecule has 1 aliphatic rings. The first-order chi connectivity index (χ1) is 7.99. The van der Waals surface area contributed by atoms with Crippen LogP contribution >= 0.6 is 0 Å². The van der Waals surface area contributed by atoms with Crippen molar-refractivity contribution in [3.05, 3.63) is 30.1 Å². The Bertz CT molecular complexity index is 487. The predicted molar refractivity (Wildman–Crippen MR) is 65.0 cm³/mol. The smallest absolute Gasteiger partial charge is 0.236 e. The maximum Gasteiger partial charge on any atom is 0.236 e. The fraction of sp³-hybridized carbons (Fsp3) is 0.455. The Morgan fingerprint density at radius 1 is 1.35 bits per heavy atom. The Morgan fingerprint density at radius 2 is 2.00 bits per heavy atom. The van der Waals surface area contributed by atoms with E-state index in [9.17, 15) is 12.8 Å². The summed E-state index contributed by atoms with van der Waals surface area (Å²) in [5, 5.41) is 3.12. The average molecular weight is 258 g/mol. The summed E-state index contributed by atoms with van der Waals surface area (Å²) >= 11 is 0. The molecule has 1 atom stereocenters. The van der Waals surface area contributed by atoms with E-state index in [0.29, 0.717) is 18.8 Å². The Kier molecular flexibility index (Phi) is 3.35. The van der Waals surface area contributed by atoms with Crippen LogP contribution in [0.1, 0.15) is 6.92 Å².